The molecule has 0 heterocycles. The highest BCUT2D eigenvalue weighted by atomic mass is 16.6. The second-order valence-electron chi connectivity index (χ2n) is 4.09. The molecule has 17 heavy (non-hydrogen) atoms. The fourth-order valence-electron chi connectivity index (χ4n) is 1.90. The number of allylic oxidation sites excluding steroid dienone is 1. The summed E-state index contributed by atoms with van der Waals surface area (Å²) in [4.78, 5) is 10.7. The maximum absolute atomic E-state index is 10.9. The Bertz CT molecular complexity index is 269. The van der Waals surface area contributed by atoms with Gasteiger partial charge in [-0.05, 0) is 6.42 Å². The van der Waals surface area contributed by atoms with Gasteiger partial charge >= 0.3 is 0 Å². The molecule has 0 bridgehead atoms. The van der Waals surface area contributed by atoms with Gasteiger partial charge in [-0.25, -0.2) is 0 Å². The van der Waals surface area contributed by atoms with Crippen LogP contribution in [0.1, 0.15) is 13.3 Å². The van der Waals surface area contributed by atoms with Crippen molar-refractivity contribution in [3.05, 3.63) is 22.3 Å². The first-order chi connectivity index (χ1) is 8.16. The van der Waals surface area contributed by atoms with E-state index in [-0.39, 0.29) is 24.1 Å². The van der Waals surface area contributed by atoms with Crippen LogP contribution in [-0.4, -0.2) is 48.6 Å². The third kappa shape index (κ3) is 4.41. The number of ether oxygens (including phenoxy) is 2. The van der Waals surface area contributed by atoms with Crippen LogP contribution >= 0.6 is 0 Å². The Morgan fingerprint density at radius 3 is 2.88 bits per heavy atom. The SMILES string of the molecule is CC1CC=CC(OCCOCCO)C1[N+](=O)[O-]. The Morgan fingerprint density at radius 1 is 1.47 bits per heavy atom. The number of hydrogen-bond donors (Lipinski definition) is 1. The molecule has 0 amide bonds. The van der Waals surface area contributed by atoms with Crippen LogP contribution in [-0.2, 0) is 9.47 Å². The highest BCUT2D eigenvalue weighted by molar-refractivity contribution is 5.01. The Labute approximate surface area is 100 Å². The summed E-state index contributed by atoms with van der Waals surface area (Å²) in [6.07, 6.45) is 3.90. The first kappa shape index (κ1) is 14.1. The van der Waals surface area contributed by atoms with Crippen molar-refractivity contribution in [3.8, 4) is 0 Å². The Morgan fingerprint density at radius 2 is 2.24 bits per heavy atom. The maximum atomic E-state index is 10.9. The van der Waals surface area contributed by atoms with E-state index in [1.807, 2.05) is 13.0 Å². The highest BCUT2D eigenvalue weighted by Gasteiger charge is 2.37. The largest absolute Gasteiger partial charge is 0.394 e. The summed E-state index contributed by atoms with van der Waals surface area (Å²) in [6, 6.07) is -0.683. The van der Waals surface area contributed by atoms with E-state index >= 15 is 0 Å². The molecule has 0 fully saturated rings. The number of rotatable bonds is 7. The van der Waals surface area contributed by atoms with Crippen LogP contribution in [0.25, 0.3) is 0 Å². The van der Waals surface area contributed by atoms with Gasteiger partial charge < -0.3 is 14.6 Å². The Hall–Kier alpha value is -0.980. The van der Waals surface area contributed by atoms with Crippen molar-refractivity contribution in [1.82, 2.24) is 0 Å². The van der Waals surface area contributed by atoms with Gasteiger partial charge in [-0.2, -0.15) is 0 Å². The van der Waals surface area contributed by atoms with Crippen LogP contribution in [0.3, 0.4) is 0 Å². The van der Waals surface area contributed by atoms with E-state index in [2.05, 4.69) is 0 Å². The summed E-state index contributed by atoms with van der Waals surface area (Å²) in [7, 11) is 0. The molecule has 6 nitrogen and oxygen atoms in total. The molecule has 0 aromatic rings. The molecule has 3 unspecified atom stereocenters. The van der Waals surface area contributed by atoms with Crippen molar-refractivity contribution in [2.24, 2.45) is 5.92 Å². The quantitative estimate of drug-likeness (QED) is 0.308. The van der Waals surface area contributed by atoms with Crippen molar-refractivity contribution < 1.29 is 19.5 Å². The average molecular weight is 245 g/mol. The third-order valence-corrected chi connectivity index (χ3v) is 2.77. The lowest BCUT2D eigenvalue weighted by atomic mass is 9.89. The van der Waals surface area contributed by atoms with E-state index in [4.69, 9.17) is 14.6 Å². The van der Waals surface area contributed by atoms with Crippen LogP contribution in [0.5, 0.6) is 0 Å². The minimum atomic E-state index is -0.683. The zero-order valence-electron chi connectivity index (χ0n) is 9.95. The minimum absolute atomic E-state index is 0.0154. The predicted molar refractivity (Wildman–Crippen MR) is 61.3 cm³/mol. The van der Waals surface area contributed by atoms with Gasteiger partial charge in [-0.3, -0.25) is 10.1 Å². The van der Waals surface area contributed by atoms with Gasteiger partial charge in [0, 0.05) is 10.8 Å². The van der Waals surface area contributed by atoms with E-state index in [1.165, 1.54) is 0 Å². The lowest BCUT2D eigenvalue weighted by Gasteiger charge is -2.26. The van der Waals surface area contributed by atoms with E-state index in [1.54, 1.807) is 6.08 Å². The van der Waals surface area contributed by atoms with Gasteiger partial charge in [0.15, 0.2) is 0 Å². The van der Waals surface area contributed by atoms with Crippen LogP contribution in [0.4, 0.5) is 0 Å². The lowest BCUT2D eigenvalue weighted by molar-refractivity contribution is -0.542. The van der Waals surface area contributed by atoms with Gasteiger partial charge in [0.2, 0.25) is 6.04 Å². The topological polar surface area (TPSA) is 81.8 Å². The molecule has 0 aliphatic heterocycles. The molecular formula is C11H19NO5. The van der Waals surface area contributed by atoms with E-state index in [0.29, 0.717) is 19.6 Å². The second-order valence-corrected chi connectivity index (χ2v) is 4.09. The zero-order valence-corrected chi connectivity index (χ0v) is 9.95. The molecule has 1 aliphatic carbocycles. The van der Waals surface area contributed by atoms with Crippen molar-refractivity contribution in [2.45, 2.75) is 25.5 Å². The molecule has 0 aromatic heterocycles. The van der Waals surface area contributed by atoms with Gasteiger partial charge in [0.1, 0.15) is 6.10 Å². The summed E-state index contributed by atoms with van der Waals surface area (Å²) in [5.41, 5.74) is 0. The van der Waals surface area contributed by atoms with E-state index in [0.717, 1.165) is 0 Å². The smallest absolute Gasteiger partial charge is 0.245 e. The summed E-state index contributed by atoms with van der Waals surface area (Å²) in [5.74, 6) is -0.0154. The molecule has 6 heteroatoms. The highest BCUT2D eigenvalue weighted by Crippen LogP contribution is 2.23. The Kier molecular flexibility index (Phi) is 6.10. The first-order valence-electron chi connectivity index (χ1n) is 5.77. The minimum Gasteiger partial charge on any atom is -0.394 e. The summed E-state index contributed by atoms with van der Waals surface area (Å²) in [6.45, 7) is 2.72. The van der Waals surface area contributed by atoms with Crippen LogP contribution in [0, 0.1) is 16.0 Å². The van der Waals surface area contributed by atoms with Crippen molar-refractivity contribution in [1.29, 1.82) is 0 Å². The van der Waals surface area contributed by atoms with Crippen LogP contribution in [0.2, 0.25) is 0 Å². The molecule has 1 aliphatic rings. The number of aliphatic hydroxyl groups is 1. The third-order valence-electron chi connectivity index (χ3n) is 2.77. The Balaban J connectivity index is 2.36. The molecule has 1 rings (SSSR count). The maximum Gasteiger partial charge on any atom is 0.245 e. The van der Waals surface area contributed by atoms with E-state index < -0.39 is 12.1 Å². The average Bonchev–Trinajstić information content (AvgIpc) is 2.28. The molecule has 98 valence electrons. The fraction of sp³-hybridized carbons (Fsp3) is 0.818. The van der Waals surface area contributed by atoms with Crippen molar-refractivity contribution in [3.63, 3.8) is 0 Å². The molecule has 0 saturated heterocycles. The van der Waals surface area contributed by atoms with Crippen molar-refractivity contribution >= 4 is 0 Å². The van der Waals surface area contributed by atoms with Gasteiger partial charge in [-0.1, -0.05) is 19.1 Å². The van der Waals surface area contributed by atoms with E-state index in [9.17, 15) is 10.1 Å². The van der Waals surface area contributed by atoms with Crippen LogP contribution in [0.15, 0.2) is 12.2 Å². The predicted octanol–water partition coefficient (Wildman–Crippen LogP) is 0.622. The molecule has 1 N–H and O–H groups in total. The van der Waals surface area contributed by atoms with Crippen LogP contribution < -0.4 is 0 Å². The number of nitrogens with zero attached hydrogens (tertiary/aromatic N) is 1. The standard InChI is InChI=1S/C11H19NO5/c1-9-3-2-4-10(11(9)12(14)15)17-8-7-16-6-5-13/h2,4,9-11,13H,3,5-8H2,1H3. The number of nitro groups is 1. The summed E-state index contributed by atoms with van der Waals surface area (Å²) >= 11 is 0. The lowest BCUT2D eigenvalue weighted by Crippen LogP contribution is -2.42. The zero-order chi connectivity index (χ0) is 12.7. The summed E-state index contributed by atoms with van der Waals surface area (Å²) in [5, 5.41) is 19.4. The van der Waals surface area contributed by atoms with Crippen molar-refractivity contribution in [2.75, 3.05) is 26.4 Å². The molecule has 0 aromatic carbocycles. The first-order valence-corrected chi connectivity index (χ1v) is 5.77. The normalized spacial score (nSPS) is 28.2. The monoisotopic (exact) mass is 245 g/mol. The van der Waals surface area contributed by atoms with Gasteiger partial charge in [-0.15, -0.1) is 0 Å². The number of aliphatic hydroxyl groups excluding tert-OH is 1. The molecular weight excluding hydrogens is 226 g/mol. The van der Waals surface area contributed by atoms with Gasteiger partial charge in [0.05, 0.1) is 26.4 Å². The molecule has 0 saturated carbocycles. The molecule has 0 radical (unpaired) electrons. The summed E-state index contributed by atoms with van der Waals surface area (Å²) < 4.78 is 10.5. The number of hydrogen-bond acceptors (Lipinski definition) is 5. The second kappa shape index (κ2) is 7.37. The van der Waals surface area contributed by atoms with Gasteiger partial charge in [0.25, 0.3) is 0 Å². The molecule has 3 atom stereocenters. The molecule has 0 spiro atoms. The fourth-order valence-corrected chi connectivity index (χ4v) is 1.90.